The lowest BCUT2D eigenvalue weighted by molar-refractivity contribution is 0.626. The van der Waals surface area contributed by atoms with E-state index in [0.717, 1.165) is 27.7 Å². The number of pyridine rings is 1. The normalized spacial score (nSPS) is 12.6. The number of nitrogens with zero attached hydrogens (tertiary/aromatic N) is 1. The van der Waals surface area contributed by atoms with E-state index in [4.69, 9.17) is 5.73 Å². The van der Waals surface area contributed by atoms with Gasteiger partial charge in [-0.2, -0.15) is 0 Å². The number of nitrogens with two attached hydrogens (primary N) is 1. The molecule has 0 aliphatic heterocycles. The molecule has 0 saturated heterocycles. The highest BCUT2D eigenvalue weighted by Crippen LogP contribution is 2.23. The molecule has 0 saturated carbocycles. The summed E-state index contributed by atoms with van der Waals surface area (Å²) in [6.45, 7) is 1.97. The maximum absolute atomic E-state index is 12.9. The number of benzene rings is 2. The Labute approximate surface area is 117 Å². The van der Waals surface area contributed by atoms with Crippen LogP contribution in [0.25, 0.3) is 10.9 Å². The smallest absolute Gasteiger partial charge is 0.123 e. The number of hydrogen-bond donors (Lipinski definition) is 1. The Morgan fingerprint density at radius 1 is 0.950 bits per heavy atom. The maximum atomic E-state index is 12.9. The van der Waals surface area contributed by atoms with Crippen molar-refractivity contribution >= 4 is 10.9 Å². The highest BCUT2D eigenvalue weighted by atomic mass is 19.1. The van der Waals surface area contributed by atoms with Gasteiger partial charge < -0.3 is 5.73 Å². The Morgan fingerprint density at radius 3 is 2.40 bits per heavy atom. The van der Waals surface area contributed by atoms with Crippen LogP contribution in [0.4, 0.5) is 4.39 Å². The Balaban J connectivity index is 2.01. The number of hydrogen-bond acceptors (Lipinski definition) is 2. The fraction of sp³-hybridized carbons (Fsp3) is 0.118. The summed E-state index contributed by atoms with van der Waals surface area (Å²) in [6.07, 6.45) is 0. The SMILES string of the molecule is Cc1ccc2cc(C(N)c3ccc(F)cc3)ccc2n1. The van der Waals surface area contributed by atoms with Crippen molar-refractivity contribution in [3.05, 3.63) is 77.2 Å². The van der Waals surface area contributed by atoms with E-state index in [2.05, 4.69) is 4.98 Å². The van der Waals surface area contributed by atoms with E-state index in [1.54, 1.807) is 12.1 Å². The number of fused-ring (bicyclic) bond motifs is 1. The lowest BCUT2D eigenvalue weighted by Gasteiger charge is -2.13. The molecule has 3 aromatic rings. The summed E-state index contributed by atoms with van der Waals surface area (Å²) in [5.41, 5.74) is 10.1. The van der Waals surface area contributed by atoms with Crippen LogP contribution in [0.1, 0.15) is 22.9 Å². The van der Waals surface area contributed by atoms with Gasteiger partial charge in [0.15, 0.2) is 0 Å². The van der Waals surface area contributed by atoms with Crippen LogP contribution in [0.5, 0.6) is 0 Å². The van der Waals surface area contributed by atoms with Crippen LogP contribution in [0.2, 0.25) is 0 Å². The molecule has 1 aromatic heterocycles. The molecule has 0 fully saturated rings. The standard InChI is InChI=1S/C17H15FN2/c1-11-2-3-13-10-14(6-9-16(13)20-11)17(19)12-4-7-15(18)8-5-12/h2-10,17H,19H2,1H3. The van der Waals surface area contributed by atoms with E-state index in [-0.39, 0.29) is 11.9 Å². The van der Waals surface area contributed by atoms with Crippen LogP contribution in [-0.4, -0.2) is 4.98 Å². The van der Waals surface area contributed by atoms with Gasteiger partial charge in [0.25, 0.3) is 0 Å². The van der Waals surface area contributed by atoms with Crippen molar-refractivity contribution in [3.8, 4) is 0 Å². The second kappa shape index (κ2) is 5.02. The highest BCUT2D eigenvalue weighted by molar-refractivity contribution is 5.79. The third kappa shape index (κ3) is 2.40. The van der Waals surface area contributed by atoms with Crippen molar-refractivity contribution in [2.24, 2.45) is 5.73 Å². The van der Waals surface area contributed by atoms with Crippen LogP contribution in [0.3, 0.4) is 0 Å². The van der Waals surface area contributed by atoms with E-state index in [1.807, 2.05) is 37.3 Å². The maximum Gasteiger partial charge on any atom is 0.123 e. The molecular weight excluding hydrogens is 251 g/mol. The molecule has 0 spiro atoms. The molecule has 1 atom stereocenters. The summed E-state index contributed by atoms with van der Waals surface area (Å²) < 4.78 is 12.9. The zero-order chi connectivity index (χ0) is 14.1. The molecule has 3 heteroatoms. The second-order valence-electron chi connectivity index (χ2n) is 4.93. The van der Waals surface area contributed by atoms with Gasteiger partial charge in [-0.05, 0) is 48.4 Å². The Morgan fingerprint density at radius 2 is 1.65 bits per heavy atom. The van der Waals surface area contributed by atoms with Gasteiger partial charge in [0.05, 0.1) is 11.6 Å². The highest BCUT2D eigenvalue weighted by Gasteiger charge is 2.09. The first-order valence-corrected chi connectivity index (χ1v) is 6.52. The summed E-state index contributed by atoms with van der Waals surface area (Å²) in [5, 5.41) is 1.06. The molecule has 2 N–H and O–H groups in total. The van der Waals surface area contributed by atoms with E-state index >= 15 is 0 Å². The van der Waals surface area contributed by atoms with Crippen molar-refractivity contribution in [2.45, 2.75) is 13.0 Å². The minimum absolute atomic E-state index is 0.251. The molecule has 100 valence electrons. The van der Waals surface area contributed by atoms with Gasteiger partial charge in [0, 0.05) is 11.1 Å². The zero-order valence-corrected chi connectivity index (χ0v) is 11.2. The fourth-order valence-corrected chi connectivity index (χ4v) is 2.30. The van der Waals surface area contributed by atoms with Crippen molar-refractivity contribution in [2.75, 3.05) is 0 Å². The second-order valence-corrected chi connectivity index (χ2v) is 4.93. The summed E-state index contributed by atoms with van der Waals surface area (Å²) in [5.74, 6) is -0.251. The average Bonchev–Trinajstić information content (AvgIpc) is 2.47. The molecule has 2 nitrogen and oxygen atoms in total. The molecule has 0 aliphatic carbocycles. The molecule has 1 heterocycles. The third-order valence-electron chi connectivity index (χ3n) is 3.44. The van der Waals surface area contributed by atoms with Crippen LogP contribution >= 0.6 is 0 Å². The number of halogens is 1. The summed E-state index contributed by atoms with van der Waals surface area (Å²) in [4.78, 5) is 4.47. The lowest BCUT2D eigenvalue weighted by Crippen LogP contribution is -2.11. The van der Waals surface area contributed by atoms with Gasteiger partial charge in [0.2, 0.25) is 0 Å². The van der Waals surface area contributed by atoms with E-state index in [9.17, 15) is 4.39 Å². The molecule has 2 aromatic carbocycles. The minimum Gasteiger partial charge on any atom is -0.320 e. The van der Waals surface area contributed by atoms with Gasteiger partial charge in [-0.1, -0.05) is 24.3 Å². The van der Waals surface area contributed by atoms with E-state index < -0.39 is 0 Å². The Bertz CT molecular complexity index is 751. The third-order valence-corrected chi connectivity index (χ3v) is 3.44. The predicted molar refractivity (Wildman–Crippen MR) is 78.9 cm³/mol. The topological polar surface area (TPSA) is 38.9 Å². The van der Waals surface area contributed by atoms with Crippen LogP contribution < -0.4 is 5.73 Å². The van der Waals surface area contributed by atoms with E-state index in [0.29, 0.717) is 0 Å². The minimum atomic E-state index is -0.263. The van der Waals surface area contributed by atoms with Gasteiger partial charge in [-0.25, -0.2) is 4.39 Å². The summed E-state index contributed by atoms with van der Waals surface area (Å²) >= 11 is 0. The average molecular weight is 266 g/mol. The first-order chi connectivity index (χ1) is 9.63. The zero-order valence-electron chi connectivity index (χ0n) is 11.2. The van der Waals surface area contributed by atoms with Gasteiger partial charge in [-0.15, -0.1) is 0 Å². The first kappa shape index (κ1) is 12.8. The molecule has 1 unspecified atom stereocenters. The summed E-state index contributed by atoms with van der Waals surface area (Å²) in [6, 6.07) is 16.0. The number of aryl methyl sites for hydroxylation is 1. The molecule has 0 amide bonds. The monoisotopic (exact) mass is 266 g/mol. The molecule has 0 bridgehead atoms. The molecule has 0 radical (unpaired) electrons. The molecule has 0 aliphatic rings. The summed E-state index contributed by atoms with van der Waals surface area (Å²) in [7, 11) is 0. The van der Waals surface area contributed by atoms with Gasteiger partial charge in [0.1, 0.15) is 5.82 Å². The van der Waals surface area contributed by atoms with Gasteiger partial charge in [-0.3, -0.25) is 4.98 Å². The Kier molecular flexibility index (Phi) is 3.20. The predicted octanol–water partition coefficient (Wildman–Crippen LogP) is 3.73. The van der Waals surface area contributed by atoms with Gasteiger partial charge >= 0.3 is 0 Å². The largest absolute Gasteiger partial charge is 0.320 e. The van der Waals surface area contributed by atoms with Crippen LogP contribution in [-0.2, 0) is 0 Å². The molecular formula is C17H15FN2. The van der Waals surface area contributed by atoms with Crippen molar-refractivity contribution in [1.82, 2.24) is 4.98 Å². The van der Waals surface area contributed by atoms with Crippen molar-refractivity contribution in [1.29, 1.82) is 0 Å². The van der Waals surface area contributed by atoms with Crippen LogP contribution in [0.15, 0.2) is 54.6 Å². The number of rotatable bonds is 2. The van der Waals surface area contributed by atoms with E-state index in [1.165, 1.54) is 12.1 Å². The lowest BCUT2D eigenvalue weighted by atomic mass is 9.98. The van der Waals surface area contributed by atoms with Crippen molar-refractivity contribution < 1.29 is 4.39 Å². The van der Waals surface area contributed by atoms with Crippen LogP contribution in [0, 0.1) is 12.7 Å². The quantitative estimate of drug-likeness (QED) is 0.767. The fourth-order valence-electron chi connectivity index (χ4n) is 2.30. The molecule has 20 heavy (non-hydrogen) atoms. The van der Waals surface area contributed by atoms with Crippen molar-refractivity contribution in [3.63, 3.8) is 0 Å². The molecule has 3 rings (SSSR count). The number of aromatic nitrogens is 1. The Hall–Kier alpha value is -2.26. The first-order valence-electron chi connectivity index (χ1n) is 6.52.